The van der Waals surface area contributed by atoms with Crippen molar-refractivity contribution >= 4 is 11.7 Å². The first-order valence-electron chi connectivity index (χ1n) is 6.58. The first-order chi connectivity index (χ1) is 9.61. The monoisotopic (exact) mass is 279 g/mol. The van der Waals surface area contributed by atoms with Crippen LogP contribution in [0.4, 0.5) is 10.5 Å². The van der Waals surface area contributed by atoms with E-state index in [1.165, 1.54) is 14.2 Å². The van der Waals surface area contributed by atoms with Gasteiger partial charge in [-0.2, -0.15) is 0 Å². The molecule has 1 aliphatic rings. The van der Waals surface area contributed by atoms with Crippen LogP contribution in [0.2, 0.25) is 0 Å². The van der Waals surface area contributed by atoms with Crippen LogP contribution < -0.4 is 16.4 Å². The lowest BCUT2D eigenvalue weighted by molar-refractivity contribution is -0.0972. The topological polar surface area (TPSA) is 85.6 Å². The van der Waals surface area contributed by atoms with Crippen molar-refractivity contribution in [3.63, 3.8) is 0 Å². The quantitative estimate of drug-likeness (QED) is 0.539. The van der Waals surface area contributed by atoms with Gasteiger partial charge in [-0.3, -0.25) is 0 Å². The Balaban J connectivity index is 1.93. The fourth-order valence-electron chi connectivity index (χ4n) is 2.22. The summed E-state index contributed by atoms with van der Waals surface area (Å²) in [5.41, 5.74) is 7.33. The number of hydrogen-bond donors (Lipinski definition) is 3. The van der Waals surface area contributed by atoms with Gasteiger partial charge in [0.2, 0.25) is 0 Å². The van der Waals surface area contributed by atoms with Gasteiger partial charge in [-0.25, -0.2) is 4.79 Å². The van der Waals surface area contributed by atoms with Gasteiger partial charge >= 0.3 is 6.03 Å². The lowest BCUT2D eigenvalue weighted by Gasteiger charge is -2.21. The first-order valence-corrected chi connectivity index (χ1v) is 6.58. The van der Waals surface area contributed by atoms with Gasteiger partial charge in [-0.1, -0.05) is 18.2 Å². The molecular formula is C14H21N3O3. The summed E-state index contributed by atoms with van der Waals surface area (Å²) in [5, 5.41) is 5.72. The minimum Gasteiger partial charge on any atom is -0.398 e. The van der Waals surface area contributed by atoms with Gasteiger partial charge in [0.1, 0.15) is 0 Å². The molecule has 2 rings (SSSR count). The maximum absolute atomic E-state index is 11.9. The molecule has 0 aliphatic heterocycles. The Labute approximate surface area is 118 Å². The number of carbonyl (C=O) groups is 1. The summed E-state index contributed by atoms with van der Waals surface area (Å²) in [6, 6.07) is 7.37. The molecule has 1 aliphatic carbocycles. The molecule has 0 spiro atoms. The number of urea groups is 1. The first kappa shape index (κ1) is 14.6. The van der Waals surface area contributed by atoms with E-state index in [9.17, 15) is 4.79 Å². The maximum atomic E-state index is 11.9. The Kier molecular flexibility index (Phi) is 4.46. The zero-order valence-electron chi connectivity index (χ0n) is 11.8. The van der Waals surface area contributed by atoms with Crippen LogP contribution in [0.5, 0.6) is 0 Å². The van der Waals surface area contributed by atoms with Crippen LogP contribution in [0.1, 0.15) is 18.4 Å². The number of para-hydroxylation sites is 1. The molecule has 1 aromatic carbocycles. The predicted molar refractivity (Wildman–Crippen MR) is 76.1 cm³/mol. The van der Waals surface area contributed by atoms with Crippen molar-refractivity contribution in [3.8, 4) is 0 Å². The Morgan fingerprint density at radius 1 is 1.35 bits per heavy atom. The molecule has 6 heteroatoms. The van der Waals surface area contributed by atoms with Gasteiger partial charge < -0.3 is 25.8 Å². The number of amides is 2. The van der Waals surface area contributed by atoms with Crippen LogP contribution in [-0.4, -0.2) is 33.1 Å². The number of nitrogen functional groups attached to an aromatic ring is 1. The number of hydrogen-bond acceptors (Lipinski definition) is 4. The molecule has 6 nitrogen and oxygen atoms in total. The smallest absolute Gasteiger partial charge is 0.315 e. The Morgan fingerprint density at radius 2 is 2.00 bits per heavy atom. The summed E-state index contributed by atoms with van der Waals surface area (Å²) >= 11 is 0. The zero-order valence-corrected chi connectivity index (χ0v) is 11.8. The number of anilines is 1. The zero-order chi connectivity index (χ0) is 14.6. The molecule has 2 amide bonds. The van der Waals surface area contributed by atoms with E-state index in [1.54, 1.807) is 0 Å². The second-order valence-corrected chi connectivity index (χ2v) is 4.91. The molecule has 1 aromatic rings. The highest BCUT2D eigenvalue weighted by atomic mass is 16.7. The molecule has 110 valence electrons. The van der Waals surface area contributed by atoms with E-state index in [-0.39, 0.29) is 11.6 Å². The average molecular weight is 279 g/mol. The van der Waals surface area contributed by atoms with Crippen molar-refractivity contribution in [2.24, 2.45) is 0 Å². The fraction of sp³-hybridized carbons (Fsp3) is 0.500. The van der Waals surface area contributed by atoms with E-state index in [0.29, 0.717) is 12.2 Å². The number of ether oxygens (including phenoxy) is 2. The highest BCUT2D eigenvalue weighted by molar-refractivity contribution is 5.76. The number of methoxy groups -OCH3 is 2. The second-order valence-electron chi connectivity index (χ2n) is 4.91. The number of nitrogens with two attached hydrogens (primary N) is 1. The molecule has 0 atom stereocenters. The van der Waals surface area contributed by atoms with Crippen LogP contribution in [0.25, 0.3) is 0 Å². The van der Waals surface area contributed by atoms with E-state index in [4.69, 9.17) is 15.2 Å². The van der Waals surface area contributed by atoms with Crippen molar-refractivity contribution in [1.29, 1.82) is 0 Å². The summed E-state index contributed by atoms with van der Waals surface area (Å²) < 4.78 is 10.0. The van der Waals surface area contributed by atoms with Crippen molar-refractivity contribution in [1.82, 2.24) is 10.6 Å². The minimum atomic E-state index is -0.447. The highest BCUT2D eigenvalue weighted by Crippen LogP contribution is 2.47. The fourth-order valence-corrected chi connectivity index (χ4v) is 2.22. The molecule has 0 radical (unpaired) electrons. The molecule has 0 bridgehead atoms. The molecule has 0 unspecified atom stereocenters. The number of nitrogens with one attached hydrogen (secondary N) is 2. The lowest BCUT2D eigenvalue weighted by Crippen LogP contribution is -2.45. The van der Waals surface area contributed by atoms with Gasteiger partial charge in [-0.15, -0.1) is 0 Å². The van der Waals surface area contributed by atoms with Crippen molar-refractivity contribution in [3.05, 3.63) is 29.8 Å². The van der Waals surface area contributed by atoms with Gasteiger partial charge in [-0.05, 0) is 18.9 Å². The molecule has 4 N–H and O–H groups in total. The van der Waals surface area contributed by atoms with E-state index < -0.39 is 6.29 Å². The Hall–Kier alpha value is -1.79. The molecule has 1 fully saturated rings. The summed E-state index contributed by atoms with van der Waals surface area (Å²) in [6.07, 6.45) is 1.34. The van der Waals surface area contributed by atoms with E-state index in [2.05, 4.69) is 10.6 Å². The van der Waals surface area contributed by atoms with Crippen molar-refractivity contribution in [2.45, 2.75) is 24.7 Å². The van der Waals surface area contributed by atoms with E-state index >= 15 is 0 Å². The average Bonchev–Trinajstić information content (AvgIpc) is 3.21. The standard InChI is InChI=1S/C14H21N3O3/c1-19-12(20-2)9-16-13(18)17-14(7-8-14)10-5-3-4-6-11(10)15/h3-6,12H,7-9,15H2,1-2H3,(H2,16,17,18). The van der Waals surface area contributed by atoms with Crippen molar-refractivity contribution < 1.29 is 14.3 Å². The molecular weight excluding hydrogens is 258 g/mol. The van der Waals surface area contributed by atoms with E-state index in [0.717, 1.165) is 18.4 Å². The minimum absolute atomic E-state index is 0.246. The Morgan fingerprint density at radius 3 is 2.55 bits per heavy atom. The van der Waals surface area contributed by atoms with Crippen LogP contribution in [0.3, 0.4) is 0 Å². The van der Waals surface area contributed by atoms with Gasteiger partial charge in [0.05, 0.1) is 12.1 Å². The predicted octanol–water partition coefficient (Wildman–Crippen LogP) is 1.18. The maximum Gasteiger partial charge on any atom is 0.315 e. The summed E-state index contributed by atoms with van der Waals surface area (Å²) in [4.78, 5) is 11.9. The molecule has 20 heavy (non-hydrogen) atoms. The van der Waals surface area contributed by atoms with Crippen molar-refractivity contribution in [2.75, 3.05) is 26.5 Å². The van der Waals surface area contributed by atoms with Gasteiger partial charge in [0.25, 0.3) is 0 Å². The highest BCUT2D eigenvalue weighted by Gasteiger charge is 2.46. The van der Waals surface area contributed by atoms with Gasteiger partial charge in [0, 0.05) is 25.5 Å². The van der Waals surface area contributed by atoms with Gasteiger partial charge in [0.15, 0.2) is 6.29 Å². The largest absolute Gasteiger partial charge is 0.398 e. The van der Waals surface area contributed by atoms with E-state index in [1.807, 2.05) is 24.3 Å². The summed E-state index contributed by atoms with van der Waals surface area (Å²) in [6.45, 7) is 0.291. The third-order valence-corrected chi connectivity index (χ3v) is 3.53. The van der Waals surface area contributed by atoms with Crippen LogP contribution in [-0.2, 0) is 15.0 Å². The summed E-state index contributed by atoms with van der Waals surface area (Å²) in [7, 11) is 3.06. The number of rotatable bonds is 6. The van der Waals surface area contributed by atoms with Crippen LogP contribution in [0.15, 0.2) is 24.3 Å². The normalized spacial score (nSPS) is 15.9. The third kappa shape index (κ3) is 3.20. The van der Waals surface area contributed by atoms with Crippen LogP contribution >= 0.6 is 0 Å². The van der Waals surface area contributed by atoms with Crippen LogP contribution in [0, 0.1) is 0 Å². The summed E-state index contributed by atoms with van der Waals surface area (Å²) in [5.74, 6) is 0. The lowest BCUT2D eigenvalue weighted by atomic mass is 10.0. The molecule has 0 heterocycles. The second kappa shape index (κ2) is 6.11. The molecule has 0 aromatic heterocycles. The number of carbonyl (C=O) groups excluding carboxylic acids is 1. The third-order valence-electron chi connectivity index (χ3n) is 3.53. The SMILES string of the molecule is COC(CNC(=O)NC1(c2ccccc2N)CC1)OC. The number of benzene rings is 1. The Bertz CT molecular complexity index is 470. The molecule has 1 saturated carbocycles. The molecule has 0 saturated heterocycles.